The van der Waals surface area contributed by atoms with Gasteiger partial charge in [0.05, 0.1) is 4.88 Å². The van der Waals surface area contributed by atoms with E-state index in [1.54, 1.807) is 0 Å². The number of carbonyl (C=O) groups is 3. The molecule has 2 amide bonds. The van der Waals surface area contributed by atoms with E-state index in [9.17, 15) is 14.4 Å². The number of hydrogen-bond donors (Lipinski definition) is 3. The molecule has 114 valence electrons. The zero-order valence-corrected chi connectivity index (χ0v) is 12.4. The van der Waals surface area contributed by atoms with Crippen molar-refractivity contribution in [3.05, 3.63) is 21.4 Å². The molecule has 0 aromatic carbocycles. The molecule has 0 saturated heterocycles. The van der Waals surface area contributed by atoms with E-state index in [0.717, 1.165) is 25.7 Å². The molecule has 7 heteroatoms. The van der Waals surface area contributed by atoms with Gasteiger partial charge in [0, 0.05) is 11.3 Å². The minimum absolute atomic E-state index is 0.00148. The van der Waals surface area contributed by atoms with Gasteiger partial charge >= 0.3 is 5.97 Å². The summed E-state index contributed by atoms with van der Waals surface area (Å²) < 4.78 is 0. The van der Waals surface area contributed by atoms with E-state index in [-0.39, 0.29) is 12.8 Å². The van der Waals surface area contributed by atoms with Crippen molar-refractivity contribution in [2.24, 2.45) is 5.73 Å². The molecule has 1 aromatic rings. The van der Waals surface area contributed by atoms with Crippen LogP contribution in [0.3, 0.4) is 0 Å². The van der Waals surface area contributed by atoms with E-state index in [1.807, 2.05) is 6.07 Å². The number of aryl methyl sites for hydroxylation is 2. The number of thiophene rings is 1. The smallest absolute Gasteiger partial charge is 0.326 e. The van der Waals surface area contributed by atoms with Crippen LogP contribution in [0.5, 0.6) is 0 Å². The summed E-state index contributed by atoms with van der Waals surface area (Å²) in [5.41, 5.74) is 6.20. The Balaban J connectivity index is 2.02. The van der Waals surface area contributed by atoms with Crippen molar-refractivity contribution < 1.29 is 19.5 Å². The van der Waals surface area contributed by atoms with Crippen molar-refractivity contribution in [2.75, 3.05) is 0 Å². The first-order valence-corrected chi connectivity index (χ1v) is 7.72. The Kier molecular flexibility index (Phi) is 4.95. The van der Waals surface area contributed by atoms with Crippen LogP contribution in [0.4, 0.5) is 0 Å². The van der Waals surface area contributed by atoms with Crippen molar-refractivity contribution in [2.45, 2.75) is 44.6 Å². The first-order valence-electron chi connectivity index (χ1n) is 6.91. The second-order valence-corrected chi connectivity index (χ2v) is 6.27. The molecule has 0 spiro atoms. The van der Waals surface area contributed by atoms with Crippen LogP contribution in [0.2, 0.25) is 0 Å². The second kappa shape index (κ2) is 6.71. The number of amides is 2. The van der Waals surface area contributed by atoms with Crippen molar-refractivity contribution in [3.63, 3.8) is 0 Å². The Morgan fingerprint density at radius 1 is 1.33 bits per heavy atom. The average Bonchev–Trinajstić information content (AvgIpc) is 2.86. The van der Waals surface area contributed by atoms with Crippen molar-refractivity contribution in [3.8, 4) is 0 Å². The van der Waals surface area contributed by atoms with Gasteiger partial charge in [-0.1, -0.05) is 0 Å². The number of carbonyl (C=O) groups excluding carboxylic acids is 2. The lowest BCUT2D eigenvalue weighted by Gasteiger charge is -2.12. The highest BCUT2D eigenvalue weighted by Gasteiger charge is 2.23. The van der Waals surface area contributed by atoms with E-state index in [0.29, 0.717) is 4.88 Å². The summed E-state index contributed by atoms with van der Waals surface area (Å²) in [6, 6.07) is 0.755. The molecular formula is C14H18N2O4S. The maximum Gasteiger partial charge on any atom is 0.326 e. The third kappa shape index (κ3) is 4.04. The molecule has 1 atom stereocenters. The van der Waals surface area contributed by atoms with Gasteiger partial charge in [0.25, 0.3) is 5.91 Å². The van der Waals surface area contributed by atoms with E-state index < -0.39 is 23.8 Å². The number of aliphatic carboxylic acids is 1. The summed E-state index contributed by atoms with van der Waals surface area (Å²) in [7, 11) is 0. The Morgan fingerprint density at radius 3 is 2.67 bits per heavy atom. The van der Waals surface area contributed by atoms with Crippen molar-refractivity contribution in [1.82, 2.24) is 5.32 Å². The zero-order chi connectivity index (χ0) is 15.4. The van der Waals surface area contributed by atoms with Crippen LogP contribution in [0.15, 0.2) is 6.07 Å². The number of rotatable bonds is 6. The van der Waals surface area contributed by atoms with Gasteiger partial charge in [-0.15, -0.1) is 11.3 Å². The Hall–Kier alpha value is -1.89. The van der Waals surface area contributed by atoms with Gasteiger partial charge in [-0.05, 0) is 43.7 Å². The van der Waals surface area contributed by atoms with Crippen LogP contribution in [-0.2, 0) is 22.4 Å². The van der Waals surface area contributed by atoms with Crippen LogP contribution >= 0.6 is 11.3 Å². The molecule has 1 heterocycles. The Bertz CT molecular complexity index is 544. The normalized spacial score (nSPS) is 15.0. The SMILES string of the molecule is NC(=O)CC[C@H](NC(=O)c1cc2c(s1)CCCC2)C(=O)O. The number of nitrogens with two attached hydrogens (primary N) is 1. The van der Waals surface area contributed by atoms with Gasteiger partial charge in [-0.3, -0.25) is 9.59 Å². The van der Waals surface area contributed by atoms with Crippen LogP contribution in [0.1, 0.15) is 45.8 Å². The number of hydrogen-bond acceptors (Lipinski definition) is 4. The molecular weight excluding hydrogens is 292 g/mol. The quantitative estimate of drug-likeness (QED) is 0.730. The molecule has 6 nitrogen and oxygen atoms in total. The van der Waals surface area contributed by atoms with E-state index in [2.05, 4.69) is 5.32 Å². The minimum atomic E-state index is -1.16. The monoisotopic (exact) mass is 310 g/mol. The molecule has 4 N–H and O–H groups in total. The fourth-order valence-corrected chi connectivity index (χ4v) is 3.53. The third-order valence-corrected chi connectivity index (χ3v) is 4.74. The fourth-order valence-electron chi connectivity index (χ4n) is 2.38. The van der Waals surface area contributed by atoms with Gasteiger partial charge in [-0.2, -0.15) is 0 Å². The molecule has 2 rings (SSSR count). The fraction of sp³-hybridized carbons (Fsp3) is 0.500. The summed E-state index contributed by atoms with van der Waals surface area (Å²) >= 11 is 1.42. The molecule has 1 aliphatic carbocycles. The number of nitrogens with one attached hydrogen (secondary N) is 1. The van der Waals surface area contributed by atoms with Gasteiger partial charge < -0.3 is 16.2 Å². The maximum atomic E-state index is 12.1. The largest absolute Gasteiger partial charge is 0.480 e. The van der Waals surface area contributed by atoms with Crippen LogP contribution in [0.25, 0.3) is 0 Å². The highest BCUT2D eigenvalue weighted by Crippen LogP contribution is 2.29. The van der Waals surface area contributed by atoms with Gasteiger partial charge in [-0.25, -0.2) is 4.79 Å². The highest BCUT2D eigenvalue weighted by molar-refractivity contribution is 7.14. The molecule has 0 bridgehead atoms. The molecule has 21 heavy (non-hydrogen) atoms. The zero-order valence-electron chi connectivity index (χ0n) is 11.6. The number of primary amides is 1. The standard InChI is InChI=1S/C14H18N2O4S/c15-12(17)6-5-9(14(19)20)16-13(18)11-7-8-3-1-2-4-10(8)21-11/h7,9H,1-6H2,(H2,15,17)(H,16,18)(H,19,20)/t9-/m0/s1. The Labute approximate surface area is 126 Å². The lowest BCUT2D eigenvalue weighted by molar-refractivity contribution is -0.139. The number of fused-ring (bicyclic) bond motifs is 1. The van der Waals surface area contributed by atoms with Crippen molar-refractivity contribution >= 4 is 29.1 Å². The van der Waals surface area contributed by atoms with Gasteiger partial charge in [0.15, 0.2) is 0 Å². The third-order valence-electron chi connectivity index (χ3n) is 3.50. The number of carboxylic acids is 1. The molecule has 0 radical (unpaired) electrons. The van der Waals surface area contributed by atoms with Gasteiger partial charge in [0.1, 0.15) is 6.04 Å². The Morgan fingerprint density at radius 2 is 2.05 bits per heavy atom. The van der Waals surface area contributed by atoms with Crippen LogP contribution < -0.4 is 11.1 Å². The first-order chi connectivity index (χ1) is 9.97. The summed E-state index contributed by atoms with van der Waals surface area (Å²) in [5.74, 6) is -2.14. The molecule has 0 aliphatic heterocycles. The summed E-state index contributed by atoms with van der Waals surface area (Å²) in [5, 5.41) is 11.5. The maximum absolute atomic E-state index is 12.1. The molecule has 1 aromatic heterocycles. The molecule has 1 aliphatic rings. The second-order valence-electron chi connectivity index (χ2n) is 5.14. The van der Waals surface area contributed by atoms with E-state index >= 15 is 0 Å². The minimum Gasteiger partial charge on any atom is -0.480 e. The first kappa shape index (κ1) is 15.5. The van der Waals surface area contributed by atoms with Crippen LogP contribution in [0, 0.1) is 0 Å². The lowest BCUT2D eigenvalue weighted by Crippen LogP contribution is -2.41. The van der Waals surface area contributed by atoms with Gasteiger partial charge in [0.2, 0.25) is 5.91 Å². The van der Waals surface area contributed by atoms with Crippen LogP contribution in [-0.4, -0.2) is 28.9 Å². The topological polar surface area (TPSA) is 109 Å². The summed E-state index contributed by atoms with van der Waals surface area (Å²) in [6.07, 6.45) is 4.15. The molecule has 0 saturated carbocycles. The highest BCUT2D eigenvalue weighted by atomic mass is 32.1. The summed E-state index contributed by atoms with van der Waals surface area (Å²) in [4.78, 5) is 35.7. The number of carboxylic acid groups (broad SMARTS) is 1. The lowest BCUT2D eigenvalue weighted by atomic mass is 9.99. The molecule has 0 unspecified atom stereocenters. The molecule has 0 fully saturated rings. The van der Waals surface area contributed by atoms with Crippen molar-refractivity contribution in [1.29, 1.82) is 0 Å². The average molecular weight is 310 g/mol. The summed E-state index contributed by atoms with van der Waals surface area (Å²) in [6.45, 7) is 0. The predicted octanol–water partition coefficient (Wildman–Crippen LogP) is 1.08. The van der Waals surface area contributed by atoms with E-state index in [1.165, 1.54) is 21.8 Å². The van der Waals surface area contributed by atoms with E-state index in [4.69, 9.17) is 10.8 Å². The predicted molar refractivity (Wildman–Crippen MR) is 78.3 cm³/mol.